The smallest absolute Gasteiger partial charge is 0.337 e. The number of hydrogen-bond donors (Lipinski definition) is 2. The SMILES string of the molecule is O=C(O)c1ccncc1NC(=O)C1CCOCC1. The van der Waals surface area contributed by atoms with Crippen LogP contribution < -0.4 is 5.32 Å². The van der Waals surface area contributed by atoms with Crippen LogP contribution in [0.25, 0.3) is 0 Å². The van der Waals surface area contributed by atoms with E-state index < -0.39 is 5.97 Å². The number of anilines is 1. The molecule has 2 N–H and O–H groups in total. The van der Waals surface area contributed by atoms with Crippen molar-refractivity contribution in [3.05, 3.63) is 24.0 Å². The molecule has 0 saturated carbocycles. The van der Waals surface area contributed by atoms with Crippen LogP contribution in [0.1, 0.15) is 23.2 Å². The molecule has 0 radical (unpaired) electrons. The minimum Gasteiger partial charge on any atom is -0.478 e. The summed E-state index contributed by atoms with van der Waals surface area (Å²) in [6, 6.07) is 1.36. The Kier molecular flexibility index (Phi) is 3.88. The van der Waals surface area contributed by atoms with Crippen molar-refractivity contribution in [3.63, 3.8) is 0 Å². The molecule has 18 heavy (non-hydrogen) atoms. The lowest BCUT2D eigenvalue weighted by atomic mass is 9.99. The molecule has 0 unspecified atom stereocenters. The fraction of sp³-hybridized carbons (Fsp3) is 0.417. The Hall–Kier alpha value is -1.95. The van der Waals surface area contributed by atoms with Gasteiger partial charge in [0.05, 0.1) is 17.4 Å². The molecule has 2 heterocycles. The maximum Gasteiger partial charge on any atom is 0.337 e. The summed E-state index contributed by atoms with van der Waals surface area (Å²) >= 11 is 0. The first kappa shape index (κ1) is 12.5. The zero-order chi connectivity index (χ0) is 13.0. The first-order valence-corrected chi connectivity index (χ1v) is 5.74. The lowest BCUT2D eigenvalue weighted by Gasteiger charge is -2.21. The van der Waals surface area contributed by atoms with Crippen LogP contribution in [0.3, 0.4) is 0 Å². The topological polar surface area (TPSA) is 88.5 Å². The second-order valence-corrected chi connectivity index (χ2v) is 4.10. The Bertz CT molecular complexity index is 455. The number of nitrogens with zero attached hydrogens (tertiary/aromatic N) is 1. The van der Waals surface area contributed by atoms with Gasteiger partial charge in [-0.05, 0) is 18.9 Å². The number of hydrogen-bond acceptors (Lipinski definition) is 4. The van der Waals surface area contributed by atoms with Gasteiger partial charge >= 0.3 is 5.97 Å². The maximum absolute atomic E-state index is 12.0. The van der Waals surface area contributed by atoms with Gasteiger partial charge in [0, 0.05) is 25.3 Å². The summed E-state index contributed by atoms with van der Waals surface area (Å²) in [5.41, 5.74) is 0.284. The van der Waals surface area contributed by atoms with Crippen LogP contribution in [-0.4, -0.2) is 35.2 Å². The summed E-state index contributed by atoms with van der Waals surface area (Å²) < 4.78 is 5.18. The Morgan fingerprint density at radius 1 is 1.39 bits per heavy atom. The molecule has 0 aromatic carbocycles. The molecular weight excluding hydrogens is 236 g/mol. The molecule has 1 amide bonds. The number of carboxylic acids is 1. The quantitative estimate of drug-likeness (QED) is 0.839. The Morgan fingerprint density at radius 2 is 2.11 bits per heavy atom. The maximum atomic E-state index is 12.0. The molecule has 1 aromatic heterocycles. The summed E-state index contributed by atoms with van der Waals surface area (Å²) in [5.74, 6) is -1.38. The predicted octanol–water partition coefficient (Wildman–Crippen LogP) is 1.14. The Balaban J connectivity index is 2.08. The highest BCUT2D eigenvalue weighted by Gasteiger charge is 2.23. The monoisotopic (exact) mass is 250 g/mol. The van der Waals surface area contributed by atoms with E-state index in [0.717, 1.165) is 0 Å². The fourth-order valence-corrected chi connectivity index (χ4v) is 1.88. The minimum absolute atomic E-state index is 0.0467. The van der Waals surface area contributed by atoms with Gasteiger partial charge in [0.25, 0.3) is 0 Å². The van der Waals surface area contributed by atoms with Gasteiger partial charge in [0.1, 0.15) is 0 Å². The molecule has 6 nitrogen and oxygen atoms in total. The zero-order valence-electron chi connectivity index (χ0n) is 9.76. The van der Waals surface area contributed by atoms with E-state index in [4.69, 9.17) is 9.84 Å². The molecule has 6 heteroatoms. The number of carboxylic acid groups (broad SMARTS) is 1. The van der Waals surface area contributed by atoms with E-state index >= 15 is 0 Å². The highest BCUT2D eigenvalue weighted by molar-refractivity contribution is 6.00. The second-order valence-electron chi connectivity index (χ2n) is 4.10. The molecule has 1 fully saturated rings. The number of amides is 1. The first-order valence-electron chi connectivity index (χ1n) is 5.74. The van der Waals surface area contributed by atoms with Gasteiger partial charge in [-0.3, -0.25) is 9.78 Å². The van der Waals surface area contributed by atoms with Crippen molar-refractivity contribution in [2.45, 2.75) is 12.8 Å². The summed E-state index contributed by atoms with van der Waals surface area (Å²) in [5, 5.41) is 11.6. The summed E-state index contributed by atoms with van der Waals surface area (Å²) in [4.78, 5) is 26.8. The summed E-state index contributed by atoms with van der Waals surface area (Å²) in [6.45, 7) is 1.13. The Morgan fingerprint density at radius 3 is 2.78 bits per heavy atom. The molecular formula is C12H14N2O4. The van der Waals surface area contributed by atoms with Gasteiger partial charge in [-0.1, -0.05) is 0 Å². The molecule has 1 aliphatic rings. The van der Waals surface area contributed by atoms with Crippen molar-refractivity contribution in [3.8, 4) is 0 Å². The third-order valence-electron chi connectivity index (χ3n) is 2.90. The van der Waals surface area contributed by atoms with Crippen LogP contribution in [0.4, 0.5) is 5.69 Å². The molecule has 0 spiro atoms. The molecule has 1 aliphatic heterocycles. The number of ether oxygens (including phenoxy) is 1. The van der Waals surface area contributed by atoms with Crippen molar-refractivity contribution in [1.82, 2.24) is 4.98 Å². The highest BCUT2D eigenvalue weighted by atomic mass is 16.5. The van der Waals surface area contributed by atoms with Gasteiger partial charge < -0.3 is 15.2 Å². The van der Waals surface area contributed by atoms with Crippen LogP contribution in [-0.2, 0) is 9.53 Å². The largest absolute Gasteiger partial charge is 0.478 e. The molecule has 0 atom stereocenters. The standard InChI is InChI=1S/C12H14N2O4/c15-11(8-2-5-18-6-3-8)14-10-7-13-4-1-9(10)12(16)17/h1,4,7-8H,2-3,5-6H2,(H,14,15)(H,16,17). The molecule has 1 saturated heterocycles. The van der Waals surface area contributed by atoms with Gasteiger partial charge in [-0.2, -0.15) is 0 Å². The van der Waals surface area contributed by atoms with Crippen LogP contribution in [0, 0.1) is 5.92 Å². The molecule has 1 aromatic rings. The normalized spacial score (nSPS) is 16.2. The van der Waals surface area contributed by atoms with Crippen molar-refractivity contribution < 1.29 is 19.4 Å². The van der Waals surface area contributed by atoms with Crippen LogP contribution in [0.5, 0.6) is 0 Å². The third-order valence-corrected chi connectivity index (χ3v) is 2.90. The lowest BCUT2D eigenvalue weighted by Crippen LogP contribution is -2.29. The van der Waals surface area contributed by atoms with E-state index in [2.05, 4.69) is 10.3 Å². The van der Waals surface area contributed by atoms with E-state index in [-0.39, 0.29) is 23.1 Å². The van der Waals surface area contributed by atoms with Crippen molar-refractivity contribution in [2.75, 3.05) is 18.5 Å². The molecule has 0 bridgehead atoms. The van der Waals surface area contributed by atoms with E-state index in [9.17, 15) is 9.59 Å². The average Bonchev–Trinajstić information content (AvgIpc) is 2.40. The van der Waals surface area contributed by atoms with Crippen molar-refractivity contribution >= 4 is 17.6 Å². The number of aromatic carboxylic acids is 1. The number of carbonyl (C=O) groups excluding carboxylic acids is 1. The highest BCUT2D eigenvalue weighted by Crippen LogP contribution is 2.19. The van der Waals surface area contributed by atoms with Crippen LogP contribution >= 0.6 is 0 Å². The third kappa shape index (κ3) is 2.84. The van der Waals surface area contributed by atoms with Gasteiger partial charge in [0.2, 0.25) is 5.91 Å². The van der Waals surface area contributed by atoms with Crippen molar-refractivity contribution in [1.29, 1.82) is 0 Å². The van der Waals surface area contributed by atoms with E-state index in [1.807, 2.05) is 0 Å². The minimum atomic E-state index is -1.08. The molecule has 0 aliphatic carbocycles. The average molecular weight is 250 g/mol. The lowest BCUT2D eigenvalue weighted by molar-refractivity contribution is -0.122. The number of carbonyl (C=O) groups is 2. The number of aromatic nitrogens is 1. The van der Waals surface area contributed by atoms with E-state index in [1.54, 1.807) is 0 Å². The Labute approximate surface area is 104 Å². The van der Waals surface area contributed by atoms with E-state index in [1.165, 1.54) is 18.5 Å². The van der Waals surface area contributed by atoms with Gasteiger partial charge in [-0.25, -0.2) is 4.79 Å². The zero-order valence-corrected chi connectivity index (χ0v) is 9.76. The number of rotatable bonds is 3. The van der Waals surface area contributed by atoms with Crippen LogP contribution in [0.2, 0.25) is 0 Å². The molecule has 96 valence electrons. The number of nitrogens with one attached hydrogen (secondary N) is 1. The first-order chi connectivity index (χ1) is 8.68. The molecule has 2 rings (SSSR count). The summed E-state index contributed by atoms with van der Waals surface area (Å²) in [7, 11) is 0. The van der Waals surface area contributed by atoms with Crippen LogP contribution in [0.15, 0.2) is 18.5 Å². The second kappa shape index (κ2) is 5.59. The van der Waals surface area contributed by atoms with E-state index in [0.29, 0.717) is 26.1 Å². The number of pyridine rings is 1. The summed E-state index contributed by atoms with van der Waals surface area (Å²) in [6.07, 6.45) is 4.05. The fourth-order valence-electron chi connectivity index (χ4n) is 1.88. The van der Waals surface area contributed by atoms with Gasteiger partial charge in [-0.15, -0.1) is 0 Å². The predicted molar refractivity (Wildman–Crippen MR) is 63.4 cm³/mol. The van der Waals surface area contributed by atoms with Gasteiger partial charge in [0.15, 0.2) is 0 Å². The van der Waals surface area contributed by atoms with Crippen molar-refractivity contribution in [2.24, 2.45) is 5.92 Å².